The topological polar surface area (TPSA) is 54.0 Å². The maximum absolute atomic E-state index is 13.3. The number of anilines is 2. The molecule has 4 nitrogen and oxygen atoms in total. The molecule has 8 heteroatoms. The number of hydrogen-bond acceptors (Lipinski definition) is 2. The number of carbonyl (C=O) groups excluding carboxylic acids is 1. The fourth-order valence-electron chi connectivity index (χ4n) is 1.34. The van der Waals surface area contributed by atoms with E-state index in [2.05, 4.69) is 10.3 Å². The Morgan fingerprint density at radius 1 is 1.05 bits per heavy atom. The Balaban J connectivity index is 2.08. The third-order valence-electron chi connectivity index (χ3n) is 2.25. The molecule has 1 aromatic carbocycles. The van der Waals surface area contributed by atoms with Crippen LogP contribution in [0, 0.1) is 17.5 Å². The number of benzene rings is 1. The second-order valence-electron chi connectivity index (χ2n) is 3.66. The molecule has 0 aliphatic carbocycles. The Kier molecular flexibility index (Phi) is 4.09. The minimum absolute atomic E-state index is 0.162. The van der Waals surface area contributed by atoms with E-state index in [0.717, 1.165) is 6.07 Å². The minimum atomic E-state index is -1.66. The molecule has 0 atom stereocenters. The monoisotopic (exact) mass is 301 g/mol. The number of pyridine rings is 1. The summed E-state index contributed by atoms with van der Waals surface area (Å²) in [5, 5.41) is 4.69. The number of aromatic nitrogens is 1. The third kappa shape index (κ3) is 3.18. The fraction of sp³-hybridized carbons (Fsp3) is 0. The number of urea groups is 1. The van der Waals surface area contributed by atoms with Crippen molar-refractivity contribution in [2.24, 2.45) is 0 Å². The first-order valence-corrected chi connectivity index (χ1v) is 5.68. The number of nitrogens with one attached hydrogen (secondary N) is 2. The average Bonchev–Trinajstić information content (AvgIpc) is 2.42. The molecule has 0 saturated carbocycles. The van der Waals surface area contributed by atoms with E-state index < -0.39 is 29.2 Å². The predicted octanol–water partition coefficient (Wildman–Crippen LogP) is 3.80. The first kappa shape index (κ1) is 14.1. The van der Waals surface area contributed by atoms with Gasteiger partial charge in [-0.05, 0) is 24.3 Å². The van der Waals surface area contributed by atoms with Crippen LogP contribution in [0.15, 0.2) is 30.5 Å². The molecule has 2 aromatic rings. The molecular formula is C12H7ClF3N3O. The Labute approximate surface area is 116 Å². The van der Waals surface area contributed by atoms with Gasteiger partial charge in [-0.1, -0.05) is 11.6 Å². The highest BCUT2D eigenvalue weighted by Gasteiger charge is 2.15. The third-order valence-corrected chi connectivity index (χ3v) is 2.48. The molecule has 2 amide bonds. The zero-order valence-corrected chi connectivity index (χ0v) is 10.5. The van der Waals surface area contributed by atoms with Crippen LogP contribution in [-0.4, -0.2) is 11.0 Å². The highest BCUT2D eigenvalue weighted by Crippen LogP contribution is 2.19. The lowest BCUT2D eigenvalue weighted by atomic mass is 10.3. The van der Waals surface area contributed by atoms with Gasteiger partial charge in [-0.15, -0.1) is 0 Å². The van der Waals surface area contributed by atoms with Gasteiger partial charge in [0.1, 0.15) is 5.82 Å². The minimum Gasteiger partial charge on any atom is -0.305 e. The lowest BCUT2D eigenvalue weighted by Crippen LogP contribution is -2.21. The first-order chi connectivity index (χ1) is 9.47. The smallest absolute Gasteiger partial charge is 0.305 e. The molecule has 0 aliphatic heterocycles. The van der Waals surface area contributed by atoms with Crippen molar-refractivity contribution in [3.8, 4) is 0 Å². The van der Waals surface area contributed by atoms with E-state index in [9.17, 15) is 18.0 Å². The molecule has 2 N–H and O–H groups in total. The van der Waals surface area contributed by atoms with Gasteiger partial charge in [0.05, 0.1) is 10.7 Å². The van der Waals surface area contributed by atoms with Crippen molar-refractivity contribution in [3.05, 3.63) is 52.9 Å². The van der Waals surface area contributed by atoms with Crippen LogP contribution in [0.4, 0.5) is 29.5 Å². The normalized spacial score (nSPS) is 10.2. The van der Waals surface area contributed by atoms with E-state index in [4.69, 9.17) is 11.6 Å². The van der Waals surface area contributed by atoms with Crippen molar-refractivity contribution < 1.29 is 18.0 Å². The average molecular weight is 302 g/mol. The Hall–Kier alpha value is -2.28. The van der Waals surface area contributed by atoms with Gasteiger partial charge >= 0.3 is 6.03 Å². The maximum atomic E-state index is 13.3. The van der Waals surface area contributed by atoms with Gasteiger partial charge in [-0.3, -0.25) is 5.32 Å². The number of carbonyl (C=O) groups is 1. The quantitative estimate of drug-likeness (QED) is 0.829. The lowest BCUT2D eigenvalue weighted by molar-refractivity contribution is 0.262. The molecule has 0 aliphatic rings. The molecule has 0 radical (unpaired) electrons. The zero-order chi connectivity index (χ0) is 14.7. The van der Waals surface area contributed by atoms with Gasteiger partial charge in [0, 0.05) is 6.20 Å². The molecule has 0 spiro atoms. The standard InChI is InChI=1S/C12H7ClF3N3O/c13-6-1-4-9(17-5-6)19-12(20)18-8-3-2-7(14)10(15)11(8)16/h1-5H,(H2,17,18,19,20). The van der Waals surface area contributed by atoms with Crippen LogP contribution in [0.5, 0.6) is 0 Å². The highest BCUT2D eigenvalue weighted by atomic mass is 35.5. The van der Waals surface area contributed by atoms with Gasteiger partial charge in [0.25, 0.3) is 0 Å². The van der Waals surface area contributed by atoms with Crippen LogP contribution in [-0.2, 0) is 0 Å². The van der Waals surface area contributed by atoms with Crippen LogP contribution in [0.2, 0.25) is 5.02 Å². The van der Waals surface area contributed by atoms with Crippen LogP contribution in [0.1, 0.15) is 0 Å². The SMILES string of the molecule is O=C(Nc1ccc(Cl)cn1)Nc1ccc(F)c(F)c1F. The number of amides is 2. The summed E-state index contributed by atoms with van der Waals surface area (Å²) in [6, 6.07) is 3.66. The van der Waals surface area contributed by atoms with Crippen molar-refractivity contribution in [3.63, 3.8) is 0 Å². The summed E-state index contributed by atoms with van der Waals surface area (Å²) in [6.07, 6.45) is 1.30. The summed E-state index contributed by atoms with van der Waals surface area (Å²) >= 11 is 5.61. The molecule has 0 fully saturated rings. The number of halogens is 4. The second-order valence-corrected chi connectivity index (χ2v) is 4.10. The number of rotatable bonds is 2. The van der Waals surface area contributed by atoms with E-state index in [1.54, 1.807) is 0 Å². The first-order valence-electron chi connectivity index (χ1n) is 5.30. The molecule has 104 valence electrons. The van der Waals surface area contributed by atoms with Gasteiger partial charge in [-0.25, -0.2) is 22.9 Å². The van der Waals surface area contributed by atoms with Crippen LogP contribution >= 0.6 is 11.6 Å². The molecule has 1 heterocycles. The van der Waals surface area contributed by atoms with E-state index in [1.807, 2.05) is 5.32 Å². The number of hydrogen-bond donors (Lipinski definition) is 2. The van der Waals surface area contributed by atoms with Crippen molar-refractivity contribution in [2.45, 2.75) is 0 Å². The summed E-state index contributed by atoms with van der Waals surface area (Å²) in [5.41, 5.74) is -0.490. The van der Waals surface area contributed by atoms with Crippen molar-refractivity contribution in [1.82, 2.24) is 4.98 Å². The van der Waals surface area contributed by atoms with Gasteiger partial charge in [0.15, 0.2) is 17.5 Å². The summed E-state index contributed by atoms with van der Waals surface area (Å²) < 4.78 is 39.0. The Morgan fingerprint density at radius 3 is 2.45 bits per heavy atom. The van der Waals surface area contributed by atoms with Crippen molar-refractivity contribution in [1.29, 1.82) is 0 Å². The van der Waals surface area contributed by atoms with Gasteiger partial charge in [0.2, 0.25) is 0 Å². The predicted molar refractivity (Wildman–Crippen MR) is 68.2 cm³/mol. The fourth-order valence-corrected chi connectivity index (χ4v) is 1.45. The van der Waals surface area contributed by atoms with Gasteiger partial charge in [-0.2, -0.15) is 0 Å². The molecular weight excluding hydrogens is 295 g/mol. The Morgan fingerprint density at radius 2 is 1.80 bits per heavy atom. The summed E-state index contributed by atoms with van der Waals surface area (Å²) in [6.45, 7) is 0. The summed E-state index contributed by atoms with van der Waals surface area (Å²) in [7, 11) is 0. The van der Waals surface area contributed by atoms with Crippen LogP contribution in [0.25, 0.3) is 0 Å². The molecule has 0 saturated heterocycles. The number of nitrogens with zero attached hydrogens (tertiary/aromatic N) is 1. The van der Waals surface area contributed by atoms with Crippen molar-refractivity contribution in [2.75, 3.05) is 10.6 Å². The van der Waals surface area contributed by atoms with Crippen LogP contribution in [0.3, 0.4) is 0 Å². The van der Waals surface area contributed by atoms with Crippen LogP contribution < -0.4 is 10.6 Å². The molecule has 0 bridgehead atoms. The lowest BCUT2D eigenvalue weighted by Gasteiger charge is -2.08. The van der Waals surface area contributed by atoms with E-state index in [0.29, 0.717) is 11.1 Å². The van der Waals surface area contributed by atoms with E-state index in [1.165, 1.54) is 18.3 Å². The molecule has 20 heavy (non-hydrogen) atoms. The summed E-state index contributed by atoms with van der Waals surface area (Å²) in [5.74, 6) is -4.32. The Bertz CT molecular complexity index is 649. The van der Waals surface area contributed by atoms with Gasteiger partial charge < -0.3 is 5.32 Å². The maximum Gasteiger partial charge on any atom is 0.324 e. The molecule has 0 unspecified atom stereocenters. The van der Waals surface area contributed by atoms with E-state index in [-0.39, 0.29) is 5.82 Å². The summed E-state index contributed by atoms with van der Waals surface area (Å²) in [4.78, 5) is 15.3. The highest BCUT2D eigenvalue weighted by molar-refractivity contribution is 6.30. The second kappa shape index (κ2) is 5.79. The molecule has 2 rings (SSSR count). The zero-order valence-electron chi connectivity index (χ0n) is 9.75. The van der Waals surface area contributed by atoms with E-state index >= 15 is 0 Å². The van der Waals surface area contributed by atoms with Crippen molar-refractivity contribution >= 4 is 29.1 Å². The largest absolute Gasteiger partial charge is 0.324 e. The molecule has 1 aromatic heterocycles.